The summed E-state index contributed by atoms with van der Waals surface area (Å²) in [4.78, 5) is 12.2. The Bertz CT molecular complexity index is 1080. The van der Waals surface area contributed by atoms with Crippen LogP contribution in [-0.2, 0) is 10.0 Å². The van der Waals surface area contributed by atoms with E-state index in [2.05, 4.69) is 20.2 Å². The Morgan fingerprint density at radius 1 is 1.14 bits per heavy atom. The number of halogens is 1. The van der Waals surface area contributed by atoms with Crippen LogP contribution in [0.3, 0.4) is 0 Å². The molecule has 1 heterocycles. The predicted molar refractivity (Wildman–Crippen MR) is 108 cm³/mol. The van der Waals surface area contributed by atoms with E-state index in [9.17, 15) is 13.2 Å². The van der Waals surface area contributed by atoms with E-state index in [1.165, 1.54) is 0 Å². The maximum Gasteiger partial charge on any atom is 0.291 e. The largest absolute Gasteiger partial charge is 0.494 e. The summed E-state index contributed by atoms with van der Waals surface area (Å²) in [5.74, 6) is 0.121. The van der Waals surface area contributed by atoms with Crippen molar-refractivity contribution in [2.45, 2.75) is 11.3 Å². The number of ether oxygens (including phenoxy) is 1. The van der Waals surface area contributed by atoms with Crippen molar-refractivity contribution >= 4 is 49.7 Å². The number of anilines is 2. The van der Waals surface area contributed by atoms with E-state index in [4.69, 9.17) is 16.3 Å². The predicted octanol–water partition coefficient (Wildman–Crippen LogP) is 3.64. The summed E-state index contributed by atoms with van der Waals surface area (Å²) in [7, 11) is -3.95. The molecule has 0 saturated carbocycles. The van der Waals surface area contributed by atoms with Gasteiger partial charge in [-0.3, -0.25) is 14.8 Å². The van der Waals surface area contributed by atoms with E-state index in [-0.39, 0.29) is 20.1 Å². The third kappa shape index (κ3) is 4.77. The van der Waals surface area contributed by atoms with Gasteiger partial charge < -0.3 is 4.74 Å². The normalized spacial score (nSPS) is 11.1. The molecule has 0 bridgehead atoms. The van der Waals surface area contributed by atoms with Crippen LogP contribution in [0.25, 0.3) is 0 Å². The lowest BCUT2D eigenvalue weighted by Crippen LogP contribution is -2.12. The SMILES string of the molecule is CCOc1ccc(NS(=O)(=O)c2nnc(NC(=O)c3ccccc3Cl)s2)cc1. The Labute approximate surface area is 170 Å². The number of hydrogen-bond donors (Lipinski definition) is 2. The molecular weight excluding hydrogens is 424 g/mol. The third-order valence-corrected chi connectivity index (χ3v) is 6.31. The molecular formula is C17H15ClN4O4S2. The smallest absolute Gasteiger partial charge is 0.291 e. The monoisotopic (exact) mass is 438 g/mol. The highest BCUT2D eigenvalue weighted by Crippen LogP contribution is 2.25. The lowest BCUT2D eigenvalue weighted by molar-refractivity contribution is 0.102. The van der Waals surface area contributed by atoms with Gasteiger partial charge in [-0.15, -0.1) is 10.2 Å². The molecule has 0 unspecified atom stereocenters. The summed E-state index contributed by atoms with van der Waals surface area (Å²) in [5.41, 5.74) is 0.594. The summed E-state index contributed by atoms with van der Waals surface area (Å²) in [6.45, 7) is 2.37. The van der Waals surface area contributed by atoms with Crippen molar-refractivity contribution in [1.82, 2.24) is 10.2 Å². The van der Waals surface area contributed by atoms with Crippen LogP contribution < -0.4 is 14.8 Å². The van der Waals surface area contributed by atoms with Crippen molar-refractivity contribution < 1.29 is 17.9 Å². The van der Waals surface area contributed by atoms with Gasteiger partial charge in [-0.25, -0.2) is 0 Å². The minimum Gasteiger partial charge on any atom is -0.494 e. The van der Waals surface area contributed by atoms with E-state index >= 15 is 0 Å². The molecule has 0 atom stereocenters. The number of rotatable bonds is 7. The van der Waals surface area contributed by atoms with Gasteiger partial charge in [-0.05, 0) is 43.3 Å². The van der Waals surface area contributed by atoms with Crippen LogP contribution in [0.2, 0.25) is 5.02 Å². The fourth-order valence-electron chi connectivity index (χ4n) is 2.16. The molecule has 0 fully saturated rings. The number of aromatic nitrogens is 2. The summed E-state index contributed by atoms with van der Waals surface area (Å²) in [5, 5.41) is 10.2. The standard InChI is InChI=1S/C17H15ClN4O4S2/c1-2-26-12-9-7-11(8-10-12)22-28(24,25)17-21-20-16(27-17)19-15(23)13-5-3-4-6-14(13)18/h3-10,22H,2H2,1H3,(H,19,20,23). The average molecular weight is 439 g/mol. The first-order valence-corrected chi connectivity index (χ1v) is 10.7. The zero-order valence-electron chi connectivity index (χ0n) is 14.5. The van der Waals surface area contributed by atoms with Gasteiger partial charge in [0.25, 0.3) is 20.3 Å². The van der Waals surface area contributed by atoms with Crippen molar-refractivity contribution in [2.24, 2.45) is 0 Å². The van der Waals surface area contributed by atoms with Gasteiger partial charge in [0.15, 0.2) is 0 Å². The second kappa shape index (κ2) is 8.55. The van der Waals surface area contributed by atoms with Crippen LogP contribution in [0.4, 0.5) is 10.8 Å². The summed E-state index contributed by atoms with van der Waals surface area (Å²) in [6, 6.07) is 12.9. The van der Waals surface area contributed by atoms with Gasteiger partial charge in [-0.2, -0.15) is 8.42 Å². The summed E-state index contributed by atoms with van der Waals surface area (Å²) in [6.07, 6.45) is 0. The van der Waals surface area contributed by atoms with Crippen LogP contribution in [0.1, 0.15) is 17.3 Å². The molecule has 8 nitrogen and oxygen atoms in total. The van der Waals surface area contributed by atoms with E-state index in [0.717, 1.165) is 11.3 Å². The molecule has 3 rings (SSSR count). The first-order valence-electron chi connectivity index (χ1n) is 8.04. The number of nitrogens with one attached hydrogen (secondary N) is 2. The van der Waals surface area contributed by atoms with Crippen LogP contribution in [0.5, 0.6) is 5.75 Å². The number of hydrogen-bond acceptors (Lipinski definition) is 7. The molecule has 28 heavy (non-hydrogen) atoms. The molecule has 146 valence electrons. The van der Waals surface area contributed by atoms with E-state index in [1.54, 1.807) is 48.5 Å². The molecule has 0 aliphatic carbocycles. The second-order valence-electron chi connectivity index (χ2n) is 5.37. The van der Waals surface area contributed by atoms with E-state index in [0.29, 0.717) is 18.0 Å². The first kappa shape index (κ1) is 20.1. The molecule has 1 aromatic heterocycles. The highest BCUT2D eigenvalue weighted by molar-refractivity contribution is 7.94. The fourth-order valence-corrected chi connectivity index (χ4v) is 4.34. The molecule has 0 spiro atoms. The number of nitrogens with zero attached hydrogens (tertiary/aromatic N) is 2. The quantitative estimate of drug-likeness (QED) is 0.545. The number of benzene rings is 2. The zero-order chi connectivity index (χ0) is 20.1. The van der Waals surface area contributed by atoms with E-state index in [1.807, 2.05) is 6.92 Å². The average Bonchev–Trinajstić information content (AvgIpc) is 3.13. The van der Waals surface area contributed by atoms with Gasteiger partial charge in [0.1, 0.15) is 5.75 Å². The van der Waals surface area contributed by atoms with E-state index < -0.39 is 15.9 Å². The molecule has 0 aliphatic rings. The first-order chi connectivity index (χ1) is 13.4. The van der Waals surface area contributed by atoms with Crippen molar-refractivity contribution in [2.75, 3.05) is 16.6 Å². The van der Waals surface area contributed by atoms with Gasteiger partial charge in [0, 0.05) is 5.69 Å². The molecule has 11 heteroatoms. The fraction of sp³-hybridized carbons (Fsp3) is 0.118. The minimum absolute atomic E-state index is 0.0389. The number of carbonyl (C=O) groups is 1. The Morgan fingerprint density at radius 2 is 1.86 bits per heavy atom. The lowest BCUT2D eigenvalue weighted by Gasteiger charge is -2.07. The minimum atomic E-state index is -3.95. The van der Waals surface area contributed by atoms with Crippen molar-refractivity contribution in [3.05, 3.63) is 59.1 Å². The molecule has 1 amide bonds. The summed E-state index contributed by atoms with van der Waals surface area (Å²) >= 11 is 6.70. The number of sulfonamides is 1. The van der Waals surface area contributed by atoms with Crippen LogP contribution in [0.15, 0.2) is 52.9 Å². The van der Waals surface area contributed by atoms with Crippen molar-refractivity contribution in [3.63, 3.8) is 0 Å². The zero-order valence-corrected chi connectivity index (χ0v) is 16.9. The Hall–Kier alpha value is -2.69. The highest BCUT2D eigenvalue weighted by Gasteiger charge is 2.22. The van der Waals surface area contributed by atoms with Crippen molar-refractivity contribution in [1.29, 1.82) is 0 Å². The lowest BCUT2D eigenvalue weighted by atomic mass is 10.2. The summed E-state index contributed by atoms with van der Waals surface area (Å²) < 4.78 is 32.4. The number of carbonyl (C=O) groups excluding carboxylic acids is 1. The van der Waals surface area contributed by atoms with Crippen molar-refractivity contribution in [3.8, 4) is 5.75 Å². The topological polar surface area (TPSA) is 110 Å². The highest BCUT2D eigenvalue weighted by atomic mass is 35.5. The van der Waals surface area contributed by atoms with Crippen LogP contribution >= 0.6 is 22.9 Å². The molecule has 0 saturated heterocycles. The van der Waals surface area contributed by atoms with Gasteiger partial charge in [0.2, 0.25) is 5.13 Å². The van der Waals surface area contributed by atoms with Crippen LogP contribution in [0, 0.1) is 0 Å². The second-order valence-corrected chi connectivity index (χ2v) is 8.61. The maximum absolute atomic E-state index is 12.5. The molecule has 3 aromatic rings. The number of amides is 1. The van der Waals surface area contributed by atoms with Gasteiger partial charge in [-0.1, -0.05) is 35.1 Å². The molecule has 2 aromatic carbocycles. The maximum atomic E-state index is 12.5. The Balaban J connectivity index is 1.71. The van der Waals surface area contributed by atoms with Gasteiger partial charge >= 0.3 is 0 Å². The van der Waals surface area contributed by atoms with Gasteiger partial charge in [0.05, 0.1) is 17.2 Å². The Morgan fingerprint density at radius 3 is 2.54 bits per heavy atom. The molecule has 0 radical (unpaired) electrons. The third-order valence-electron chi connectivity index (χ3n) is 3.39. The van der Waals surface area contributed by atoms with Crippen LogP contribution in [-0.4, -0.2) is 31.1 Å². The molecule has 0 aliphatic heterocycles. The molecule has 2 N–H and O–H groups in total. The Kier molecular flexibility index (Phi) is 6.12.